The minimum absolute atomic E-state index is 0.0713. The molecular weight excluding hydrogens is 248 g/mol. The molecule has 1 aliphatic carbocycles. The van der Waals surface area contributed by atoms with Crippen molar-refractivity contribution < 1.29 is 4.79 Å². The predicted molar refractivity (Wildman–Crippen MR) is 80.9 cm³/mol. The third-order valence-corrected chi connectivity index (χ3v) is 4.34. The molecule has 1 amide bonds. The van der Waals surface area contributed by atoms with E-state index in [9.17, 15) is 4.79 Å². The maximum Gasteiger partial charge on any atom is 0.224 e. The molecule has 0 aromatic heterocycles. The minimum atomic E-state index is 0.0713. The molecule has 106 valence electrons. The molecular formula is C17H22N2O. The fourth-order valence-electron chi connectivity index (χ4n) is 2.83. The molecule has 0 saturated heterocycles. The van der Waals surface area contributed by atoms with Gasteiger partial charge in [-0.15, -0.1) is 0 Å². The zero-order chi connectivity index (χ0) is 13.9. The van der Waals surface area contributed by atoms with E-state index in [0.29, 0.717) is 12.3 Å². The van der Waals surface area contributed by atoms with E-state index in [1.165, 1.54) is 24.0 Å². The van der Waals surface area contributed by atoms with Gasteiger partial charge in [-0.2, -0.15) is 0 Å². The van der Waals surface area contributed by atoms with E-state index in [1.807, 2.05) is 11.0 Å². The Morgan fingerprint density at radius 2 is 2.05 bits per heavy atom. The molecule has 1 heterocycles. The first kappa shape index (κ1) is 13.4. The van der Waals surface area contributed by atoms with E-state index in [-0.39, 0.29) is 11.9 Å². The first-order chi connectivity index (χ1) is 9.74. The highest BCUT2D eigenvalue weighted by Gasteiger charge is 2.31. The van der Waals surface area contributed by atoms with Crippen LogP contribution in [0.2, 0.25) is 0 Å². The summed E-state index contributed by atoms with van der Waals surface area (Å²) in [6.07, 6.45) is 6.03. The van der Waals surface area contributed by atoms with Gasteiger partial charge in [0.2, 0.25) is 5.91 Å². The lowest BCUT2D eigenvalue weighted by Gasteiger charge is -2.27. The third-order valence-electron chi connectivity index (χ3n) is 4.34. The summed E-state index contributed by atoms with van der Waals surface area (Å²) in [5, 5.41) is 0. The number of rotatable bonds is 4. The maximum absolute atomic E-state index is 12.2. The Balaban J connectivity index is 1.57. The molecule has 1 aromatic carbocycles. The summed E-state index contributed by atoms with van der Waals surface area (Å²) in [5.41, 5.74) is 8.66. The highest BCUT2D eigenvalue weighted by Crippen LogP contribution is 2.33. The molecule has 3 nitrogen and oxygen atoms in total. The van der Waals surface area contributed by atoms with Gasteiger partial charge in [0.25, 0.3) is 0 Å². The summed E-state index contributed by atoms with van der Waals surface area (Å²) in [7, 11) is 0. The second-order valence-corrected chi connectivity index (χ2v) is 5.89. The minimum Gasteiger partial charge on any atom is -0.339 e. The maximum atomic E-state index is 12.2. The van der Waals surface area contributed by atoms with Crippen LogP contribution in [0, 0.1) is 5.92 Å². The Morgan fingerprint density at radius 3 is 2.65 bits per heavy atom. The molecule has 0 spiro atoms. The van der Waals surface area contributed by atoms with Gasteiger partial charge in [0.1, 0.15) is 0 Å². The smallest absolute Gasteiger partial charge is 0.224 e. The third kappa shape index (κ3) is 3.10. The number of carbonyl (C=O) groups is 1. The second-order valence-electron chi connectivity index (χ2n) is 5.89. The van der Waals surface area contributed by atoms with E-state index in [0.717, 1.165) is 19.5 Å². The number of amides is 1. The summed E-state index contributed by atoms with van der Waals surface area (Å²) < 4.78 is 0. The zero-order valence-electron chi connectivity index (χ0n) is 11.8. The van der Waals surface area contributed by atoms with Crippen LogP contribution in [0.5, 0.6) is 0 Å². The molecule has 3 rings (SSSR count). The van der Waals surface area contributed by atoms with E-state index in [4.69, 9.17) is 5.73 Å². The van der Waals surface area contributed by atoms with Gasteiger partial charge in [-0.25, -0.2) is 0 Å². The molecule has 0 bridgehead atoms. The summed E-state index contributed by atoms with van der Waals surface area (Å²) in [4.78, 5) is 14.1. The Morgan fingerprint density at radius 1 is 1.30 bits per heavy atom. The zero-order valence-corrected chi connectivity index (χ0v) is 11.8. The summed E-state index contributed by atoms with van der Waals surface area (Å²) >= 11 is 0. The van der Waals surface area contributed by atoms with E-state index < -0.39 is 0 Å². The van der Waals surface area contributed by atoms with Crippen LogP contribution in [0.1, 0.15) is 31.2 Å². The van der Waals surface area contributed by atoms with Crippen LogP contribution in [-0.2, 0) is 4.79 Å². The van der Waals surface area contributed by atoms with Crippen LogP contribution in [0.15, 0.2) is 36.4 Å². The van der Waals surface area contributed by atoms with E-state index >= 15 is 0 Å². The van der Waals surface area contributed by atoms with Crippen LogP contribution in [0.3, 0.4) is 0 Å². The molecule has 1 aliphatic heterocycles. The molecule has 0 radical (unpaired) electrons. The monoisotopic (exact) mass is 270 g/mol. The molecule has 1 aromatic rings. The van der Waals surface area contributed by atoms with Crippen molar-refractivity contribution in [1.29, 1.82) is 0 Å². The fraction of sp³-hybridized carbons (Fsp3) is 0.471. The highest BCUT2D eigenvalue weighted by molar-refractivity contribution is 5.79. The SMILES string of the molecule is NC(CC(=O)N1CC=C(c2ccccc2)CC1)C1CC1. The van der Waals surface area contributed by atoms with Gasteiger partial charge < -0.3 is 10.6 Å². The number of carbonyl (C=O) groups excluding carboxylic acids is 1. The Hall–Kier alpha value is -1.61. The van der Waals surface area contributed by atoms with Gasteiger partial charge in [-0.3, -0.25) is 4.79 Å². The molecule has 1 fully saturated rings. The molecule has 2 aliphatic rings. The number of nitrogens with zero attached hydrogens (tertiary/aromatic N) is 1. The van der Waals surface area contributed by atoms with Crippen molar-refractivity contribution in [3.05, 3.63) is 42.0 Å². The molecule has 1 unspecified atom stereocenters. The number of hydrogen-bond acceptors (Lipinski definition) is 2. The topological polar surface area (TPSA) is 46.3 Å². The van der Waals surface area contributed by atoms with Gasteiger partial charge >= 0.3 is 0 Å². The van der Waals surface area contributed by atoms with Crippen molar-refractivity contribution in [3.8, 4) is 0 Å². The normalized spacial score (nSPS) is 20.4. The lowest BCUT2D eigenvalue weighted by atomic mass is 9.99. The van der Waals surface area contributed by atoms with Crippen LogP contribution in [-0.4, -0.2) is 29.9 Å². The first-order valence-corrected chi connectivity index (χ1v) is 7.52. The lowest BCUT2D eigenvalue weighted by molar-refractivity contribution is -0.131. The summed E-state index contributed by atoms with van der Waals surface area (Å²) in [5.74, 6) is 0.812. The van der Waals surface area contributed by atoms with E-state index in [1.54, 1.807) is 0 Å². The number of hydrogen-bond donors (Lipinski definition) is 1. The predicted octanol–water partition coefficient (Wildman–Crippen LogP) is 2.43. The van der Waals surface area contributed by atoms with Gasteiger partial charge in [0.15, 0.2) is 0 Å². The summed E-state index contributed by atoms with van der Waals surface area (Å²) in [6, 6.07) is 10.5. The molecule has 1 atom stereocenters. The summed E-state index contributed by atoms with van der Waals surface area (Å²) in [6.45, 7) is 1.54. The van der Waals surface area contributed by atoms with Gasteiger partial charge in [-0.1, -0.05) is 36.4 Å². The molecule has 2 N–H and O–H groups in total. The highest BCUT2D eigenvalue weighted by atomic mass is 16.2. The Labute approximate surface area is 120 Å². The van der Waals surface area contributed by atoms with Crippen LogP contribution in [0.4, 0.5) is 0 Å². The van der Waals surface area contributed by atoms with Gasteiger partial charge in [0, 0.05) is 25.6 Å². The molecule has 20 heavy (non-hydrogen) atoms. The van der Waals surface area contributed by atoms with Crippen molar-refractivity contribution in [3.63, 3.8) is 0 Å². The van der Waals surface area contributed by atoms with Crippen molar-refractivity contribution in [2.45, 2.75) is 31.7 Å². The van der Waals surface area contributed by atoms with Crippen molar-refractivity contribution in [2.75, 3.05) is 13.1 Å². The average Bonchev–Trinajstić information content (AvgIpc) is 3.33. The van der Waals surface area contributed by atoms with Crippen LogP contribution >= 0.6 is 0 Å². The van der Waals surface area contributed by atoms with Gasteiger partial charge in [0.05, 0.1) is 0 Å². The second kappa shape index (κ2) is 5.80. The van der Waals surface area contributed by atoms with Gasteiger partial charge in [-0.05, 0) is 36.3 Å². The lowest BCUT2D eigenvalue weighted by Crippen LogP contribution is -2.38. The van der Waals surface area contributed by atoms with Crippen molar-refractivity contribution in [1.82, 2.24) is 4.90 Å². The number of benzene rings is 1. The van der Waals surface area contributed by atoms with Crippen LogP contribution < -0.4 is 5.73 Å². The Kier molecular flexibility index (Phi) is 3.88. The quantitative estimate of drug-likeness (QED) is 0.913. The largest absolute Gasteiger partial charge is 0.339 e. The Bertz CT molecular complexity index is 505. The van der Waals surface area contributed by atoms with Crippen molar-refractivity contribution >= 4 is 11.5 Å². The fourth-order valence-corrected chi connectivity index (χ4v) is 2.83. The van der Waals surface area contributed by atoms with E-state index in [2.05, 4.69) is 30.3 Å². The first-order valence-electron chi connectivity index (χ1n) is 7.52. The van der Waals surface area contributed by atoms with Crippen LogP contribution in [0.25, 0.3) is 5.57 Å². The average molecular weight is 270 g/mol. The molecule has 3 heteroatoms. The molecule has 1 saturated carbocycles. The number of nitrogens with two attached hydrogens (primary N) is 1. The van der Waals surface area contributed by atoms with Crippen molar-refractivity contribution in [2.24, 2.45) is 11.7 Å². The standard InChI is InChI=1S/C17H22N2O/c18-16(15-6-7-15)12-17(20)19-10-8-14(9-11-19)13-4-2-1-3-5-13/h1-5,8,15-16H,6-7,9-12,18H2.